The fourth-order valence-corrected chi connectivity index (χ4v) is 1.69. The third kappa shape index (κ3) is 2.36. The molecule has 0 bridgehead atoms. The Morgan fingerprint density at radius 3 is 2.88 bits per heavy atom. The molecule has 1 heterocycles. The highest BCUT2D eigenvalue weighted by Crippen LogP contribution is 2.15. The van der Waals surface area contributed by atoms with Crippen LogP contribution in [0, 0.1) is 0 Å². The van der Waals surface area contributed by atoms with Gasteiger partial charge in [-0.2, -0.15) is 5.10 Å². The van der Waals surface area contributed by atoms with Gasteiger partial charge < -0.3 is 5.73 Å². The molecular formula is C13H15N3O. The van der Waals surface area contributed by atoms with Crippen LogP contribution in [0.2, 0.25) is 0 Å². The molecule has 0 saturated heterocycles. The molecule has 0 aliphatic carbocycles. The smallest absolute Gasteiger partial charge is 0.198 e. The Bertz CT molecular complexity index is 531. The summed E-state index contributed by atoms with van der Waals surface area (Å²) in [6.07, 6.45) is 4.34. The second-order valence-electron chi connectivity index (χ2n) is 3.91. The van der Waals surface area contributed by atoms with Gasteiger partial charge in [0.25, 0.3) is 0 Å². The van der Waals surface area contributed by atoms with E-state index in [1.165, 1.54) is 0 Å². The van der Waals surface area contributed by atoms with E-state index in [1.54, 1.807) is 35.3 Å². The van der Waals surface area contributed by atoms with Crippen LogP contribution in [0.25, 0.3) is 0 Å². The lowest BCUT2D eigenvalue weighted by atomic mass is 10.0. The summed E-state index contributed by atoms with van der Waals surface area (Å²) in [6.45, 7) is 2.88. The highest BCUT2D eigenvalue weighted by molar-refractivity contribution is 6.11. The Morgan fingerprint density at radius 1 is 1.41 bits per heavy atom. The molecular weight excluding hydrogens is 214 g/mol. The van der Waals surface area contributed by atoms with Crippen LogP contribution in [0.3, 0.4) is 0 Å². The number of nitrogens with two attached hydrogens (primary N) is 1. The molecule has 0 spiro atoms. The van der Waals surface area contributed by atoms with E-state index in [2.05, 4.69) is 12.0 Å². The Labute approximate surface area is 100 Å². The van der Waals surface area contributed by atoms with Crippen molar-refractivity contribution in [3.63, 3.8) is 0 Å². The molecule has 0 unspecified atom stereocenters. The number of hydrogen-bond acceptors (Lipinski definition) is 3. The predicted octanol–water partition coefficient (Wildman–Crippen LogP) is 2.11. The second kappa shape index (κ2) is 4.82. The maximum atomic E-state index is 12.2. The van der Waals surface area contributed by atoms with Gasteiger partial charge in [0.1, 0.15) is 0 Å². The molecule has 4 nitrogen and oxygen atoms in total. The third-order valence-electron chi connectivity index (χ3n) is 2.55. The lowest BCUT2D eigenvalue weighted by Crippen LogP contribution is -2.04. The first-order valence-corrected chi connectivity index (χ1v) is 5.64. The first-order valence-electron chi connectivity index (χ1n) is 5.64. The van der Waals surface area contributed by atoms with Crippen LogP contribution in [0.15, 0.2) is 36.7 Å². The van der Waals surface area contributed by atoms with Gasteiger partial charge in [0.05, 0.1) is 11.8 Å². The van der Waals surface area contributed by atoms with E-state index < -0.39 is 0 Å². The number of nitrogen functional groups attached to an aromatic ring is 1. The number of aryl methyl sites for hydroxylation is 1. The normalized spacial score (nSPS) is 10.4. The maximum Gasteiger partial charge on any atom is 0.198 e. The molecule has 0 saturated carbocycles. The fourth-order valence-electron chi connectivity index (χ4n) is 1.69. The molecule has 88 valence electrons. The number of para-hydroxylation sites is 1. The fraction of sp³-hybridized carbons (Fsp3) is 0.231. The van der Waals surface area contributed by atoms with Gasteiger partial charge in [-0.3, -0.25) is 9.48 Å². The molecule has 1 aromatic heterocycles. The summed E-state index contributed by atoms with van der Waals surface area (Å²) in [6, 6.07) is 7.07. The Kier molecular flexibility index (Phi) is 3.23. The zero-order valence-corrected chi connectivity index (χ0v) is 9.76. The number of carbonyl (C=O) groups is 1. The molecule has 0 radical (unpaired) electrons. The van der Waals surface area contributed by atoms with Crippen molar-refractivity contribution < 1.29 is 4.79 Å². The standard InChI is InChI=1S/C13H15N3O/c1-2-7-16-9-10(8-15-16)13(17)11-5-3-4-6-12(11)14/h3-6,8-9H,2,7,14H2,1H3. The van der Waals surface area contributed by atoms with Crippen LogP contribution < -0.4 is 5.73 Å². The van der Waals surface area contributed by atoms with Crippen molar-refractivity contribution in [2.75, 3.05) is 5.73 Å². The van der Waals surface area contributed by atoms with E-state index in [0.717, 1.165) is 13.0 Å². The van der Waals surface area contributed by atoms with Gasteiger partial charge in [-0.05, 0) is 18.6 Å². The van der Waals surface area contributed by atoms with Gasteiger partial charge in [-0.25, -0.2) is 0 Å². The summed E-state index contributed by atoms with van der Waals surface area (Å²) in [4.78, 5) is 12.2. The van der Waals surface area contributed by atoms with Gasteiger partial charge in [-0.1, -0.05) is 19.1 Å². The average Bonchev–Trinajstić information content (AvgIpc) is 2.78. The molecule has 17 heavy (non-hydrogen) atoms. The molecule has 4 heteroatoms. The monoisotopic (exact) mass is 229 g/mol. The van der Waals surface area contributed by atoms with E-state index in [-0.39, 0.29) is 5.78 Å². The maximum absolute atomic E-state index is 12.2. The van der Waals surface area contributed by atoms with Gasteiger partial charge >= 0.3 is 0 Å². The van der Waals surface area contributed by atoms with Crippen LogP contribution in [0.5, 0.6) is 0 Å². The van der Waals surface area contributed by atoms with E-state index in [0.29, 0.717) is 16.8 Å². The molecule has 0 atom stereocenters. The lowest BCUT2D eigenvalue weighted by Gasteiger charge is -2.01. The summed E-state index contributed by atoms with van der Waals surface area (Å²) in [5, 5.41) is 4.14. The largest absolute Gasteiger partial charge is 0.398 e. The van der Waals surface area contributed by atoms with E-state index >= 15 is 0 Å². The molecule has 0 fully saturated rings. The van der Waals surface area contributed by atoms with Gasteiger partial charge in [-0.15, -0.1) is 0 Å². The Morgan fingerprint density at radius 2 is 2.18 bits per heavy atom. The van der Waals surface area contributed by atoms with Crippen molar-refractivity contribution in [3.8, 4) is 0 Å². The molecule has 2 N–H and O–H groups in total. The van der Waals surface area contributed by atoms with Crippen LogP contribution in [-0.4, -0.2) is 15.6 Å². The second-order valence-corrected chi connectivity index (χ2v) is 3.91. The SMILES string of the molecule is CCCn1cc(C(=O)c2ccccc2N)cn1. The number of aromatic nitrogens is 2. The number of anilines is 1. The molecule has 2 rings (SSSR count). The first kappa shape index (κ1) is 11.4. The molecule has 0 amide bonds. The van der Waals surface area contributed by atoms with Crippen LogP contribution in [-0.2, 0) is 6.54 Å². The quantitative estimate of drug-likeness (QED) is 0.645. The van der Waals surface area contributed by atoms with Crippen molar-refractivity contribution in [2.45, 2.75) is 19.9 Å². The van der Waals surface area contributed by atoms with Crippen molar-refractivity contribution in [1.29, 1.82) is 0 Å². The Hall–Kier alpha value is -2.10. The third-order valence-corrected chi connectivity index (χ3v) is 2.55. The lowest BCUT2D eigenvalue weighted by molar-refractivity contribution is 0.103. The van der Waals surface area contributed by atoms with Crippen molar-refractivity contribution in [2.24, 2.45) is 0 Å². The number of nitrogens with zero attached hydrogens (tertiary/aromatic N) is 2. The van der Waals surface area contributed by atoms with Crippen molar-refractivity contribution >= 4 is 11.5 Å². The summed E-state index contributed by atoms with van der Waals surface area (Å²) in [5.74, 6) is -0.0783. The van der Waals surface area contributed by atoms with Crippen LogP contribution in [0.1, 0.15) is 29.3 Å². The van der Waals surface area contributed by atoms with Crippen LogP contribution >= 0.6 is 0 Å². The highest BCUT2D eigenvalue weighted by Gasteiger charge is 2.13. The van der Waals surface area contributed by atoms with Gasteiger partial charge in [0, 0.05) is 24.0 Å². The molecule has 0 aliphatic heterocycles. The topological polar surface area (TPSA) is 60.9 Å². The zero-order valence-electron chi connectivity index (χ0n) is 9.76. The summed E-state index contributed by atoms with van der Waals surface area (Å²) in [7, 11) is 0. The van der Waals surface area contributed by atoms with Gasteiger partial charge in [0.2, 0.25) is 0 Å². The number of carbonyl (C=O) groups excluding carboxylic acids is 1. The highest BCUT2D eigenvalue weighted by atomic mass is 16.1. The molecule has 2 aromatic rings. The summed E-state index contributed by atoms with van der Waals surface area (Å²) < 4.78 is 1.77. The van der Waals surface area contributed by atoms with E-state index in [1.807, 2.05) is 6.07 Å². The first-order chi connectivity index (χ1) is 8.22. The predicted molar refractivity (Wildman–Crippen MR) is 66.8 cm³/mol. The number of benzene rings is 1. The summed E-state index contributed by atoms with van der Waals surface area (Å²) in [5.41, 5.74) is 7.39. The zero-order chi connectivity index (χ0) is 12.3. The van der Waals surface area contributed by atoms with E-state index in [4.69, 9.17) is 5.73 Å². The average molecular weight is 229 g/mol. The van der Waals surface area contributed by atoms with E-state index in [9.17, 15) is 4.79 Å². The minimum atomic E-state index is -0.0783. The van der Waals surface area contributed by atoms with Gasteiger partial charge in [0.15, 0.2) is 5.78 Å². The summed E-state index contributed by atoms with van der Waals surface area (Å²) >= 11 is 0. The van der Waals surface area contributed by atoms with Crippen molar-refractivity contribution in [1.82, 2.24) is 9.78 Å². The minimum absolute atomic E-state index is 0.0783. The van der Waals surface area contributed by atoms with Crippen molar-refractivity contribution in [3.05, 3.63) is 47.8 Å². The number of ketones is 1. The van der Waals surface area contributed by atoms with Crippen LogP contribution in [0.4, 0.5) is 5.69 Å². The minimum Gasteiger partial charge on any atom is -0.398 e. The number of rotatable bonds is 4. The Balaban J connectivity index is 2.28. The number of hydrogen-bond donors (Lipinski definition) is 1. The molecule has 1 aromatic carbocycles. The molecule has 0 aliphatic rings.